The zero-order valence-electron chi connectivity index (χ0n) is 8.40. The van der Waals surface area contributed by atoms with Crippen LogP contribution in [0.15, 0.2) is 30.3 Å². The molecule has 90 valence electrons. The van der Waals surface area contributed by atoms with Gasteiger partial charge in [-0.1, -0.05) is 30.3 Å². The van der Waals surface area contributed by atoms with Gasteiger partial charge in [0, 0.05) is 6.04 Å². The molecule has 0 spiro atoms. The Kier molecular flexibility index (Phi) is 4.07. The lowest BCUT2D eigenvalue weighted by Gasteiger charge is -2.15. The summed E-state index contributed by atoms with van der Waals surface area (Å²) < 4.78 is 60.9. The Morgan fingerprint density at radius 2 is 1.56 bits per heavy atom. The molecule has 0 radical (unpaired) electrons. The Morgan fingerprint density at radius 3 is 2.06 bits per heavy atom. The van der Waals surface area contributed by atoms with Crippen LogP contribution in [-0.4, -0.2) is 14.5 Å². The van der Waals surface area contributed by atoms with E-state index in [1.807, 2.05) is 0 Å². The van der Waals surface area contributed by atoms with Crippen LogP contribution in [0.4, 0.5) is 21.4 Å². The number of halogens is 5. The van der Waals surface area contributed by atoms with Crippen LogP contribution in [0.2, 0.25) is 6.04 Å². The van der Waals surface area contributed by atoms with Crippen molar-refractivity contribution in [2.75, 3.05) is 0 Å². The molecule has 0 aliphatic carbocycles. The van der Waals surface area contributed by atoms with Crippen LogP contribution in [0.5, 0.6) is 0 Å². The maximum atomic E-state index is 12.6. The maximum Gasteiger partial charge on any atom is 0.533 e. The van der Waals surface area contributed by atoms with Crippen molar-refractivity contribution >= 4 is 8.74 Å². The van der Waals surface area contributed by atoms with Crippen LogP contribution in [0, 0.1) is 0 Å². The van der Waals surface area contributed by atoms with Crippen molar-refractivity contribution in [1.82, 2.24) is 0 Å². The van der Waals surface area contributed by atoms with E-state index in [2.05, 4.69) is 0 Å². The zero-order valence-corrected chi connectivity index (χ0v) is 9.40. The number of hydrogen-bond acceptors (Lipinski definition) is 0. The molecule has 1 aromatic rings. The summed E-state index contributed by atoms with van der Waals surface area (Å²) in [6.07, 6.45) is 0.141. The first-order valence-corrected chi connectivity index (χ1v) is 6.78. The SMILES string of the molecule is FC(F)(F)[Si](F)(F)CCCc1ccccc1. The van der Waals surface area contributed by atoms with E-state index in [0.717, 1.165) is 5.56 Å². The van der Waals surface area contributed by atoms with Crippen molar-refractivity contribution < 1.29 is 21.4 Å². The van der Waals surface area contributed by atoms with Crippen LogP contribution < -0.4 is 0 Å². The molecule has 0 saturated carbocycles. The second-order valence-electron chi connectivity index (χ2n) is 3.54. The molecule has 0 aliphatic rings. The molecule has 0 bridgehead atoms. The van der Waals surface area contributed by atoms with Gasteiger partial charge in [0.1, 0.15) is 0 Å². The fourth-order valence-electron chi connectivity index (χ4n) is 1.30. The topological polar surface area (TPSA) is 0 Å². The highest BCUT2D eigenvalue weighted by atomic mass is 28.4. The first kappa shape index (κ1) is 13.2. The quantitative estimate of drug-likeness (QED) is 0.431. The van der Waals surface area contributed by atoms with E-state index < -0.39 is 20.6 Å². The summed E-state index contributed by atoms with van der Waals surface area (Å²) in [5, 5.41) is 0. The van der Waals surface area contributed by atoms with Crippen molar-refractivity contribution in [1.29, 1.82) is 0 Å². The van der Waals surface area contributed by atoms with E-state index in [0.29, 0.717) is 0 Å². The molecule has 6 heteroatoms. The van der Waals surface area contributed by atoms with E-state index in [1.165, 1.54) is 0 Å². The van der Waals surface area contributed by atoms with E-state index in [1.54, 1.807) is 30.3 Å². The average Bonchev–Trinajstić information content (AvgIpc) is 2.17. The van der Waals surface area contributed by atoms with Gasteiger partial charge < -0.3 is 0 Å². The van der Waals surface area contributed by atoms with E-state index in [9.17, 15) is 21.4 Å². The molecular weight excluding hydrogens is 243 g/mol. The first-order valence-electron chi connectivity index (χ1n) is 4.81. The van der Waals surface area contributed by atoms with Crippen LogP contribution in [0.25, 0.3) is 0 Å². The summed E-state index contributed by atoms with van der Waals surface area (Å²) in [4.78, 5) is 0. The number of rotatable bonds is 4. The third-order valence-electron chi connectivity index (χ3n) is 2.21. The second-order valence-corrected chi connectivity index (χ2v) is 6.02. The minimum Gasteiger partial charge on any atom is -0.260 e. The molecule has 0 unspecified atom stereocenters. The van der Waals surface area contributed by atoms with Gasteiger partial charge in [-0.3, -0.25) is 8.22 Å². The molecule has 1 rings (SSSR count). The highest BCUT2D eigenvalue weighted by molar-refractivity contribution is 6.68. The molecule has 0 amide bonds. The third kappa shape index (κ3) is 3.59. The molecule has 1 aromatic carbocycles. The van der Waals surface area contributed by atoms with Crippen molar-refractivity contribution in [3.05, 3.63) is 35.9 Å². The summed E-state index contributed by atoms with van der Waals surface area (Å²) in [6, 6.07) is 7.64. The van der Waals surface area contributed by atoms with Crippen LogP contribution in [-0.2, 0) is 6.42 Å². The van der Waals surface area contributed by atoms with Gasteiger partial charge in [0.2, 0.25) is 0 Å². The monoisotopic (exact) mass is 254 g/mol. The largest absolute Gasteiger partial charge is 0.533 e. The lowest BCUT2D eigenvalue weighted by Crippen LogP contribution is -2.42. The summed E-state index contributed by atoms with van der Waals surface area (Å²) in [7, 11) is -6.06. The van der Waals surface area contributed by atoms with Crippen molar-refractivity contribution in [2.24, 2.45) is 0 Å². The van der Waals surface area contributed by atoms with Gasteiger partial charge >= 0.3 is 14.5 Å². The smallest absolute Gasteiger partial charge is 0.260 e. The van der Waals surface area contributed by atoms with Gasteiger partial charge in [-0.05, 0) is 18.4 Å². The van der Waals surface area contributed by atoms with Gasteiger partial charge in [-0.15, -0.1) is 0 Å². The number of benzene rings is 1. The normalized spacial score (nSPS) is 12.8. The summed E-state index contributed by atoms with van der Waals surface area (Å²) in [5.41, 5.74) is 0.787. The van der Waals surface area contributed by atoms with Crippen LogP contribution in [0.3, 0.4) is 0 Å². The summed E-state index contributed by atoms with van der Waals surface area (Å²) >= 11 is 0. The first-order chi connectivity index (χ1) is 7.33. The Morgan fingerprint density at radius 1 is 1.00 bits per heavy atom. The molecule has 0 aliphatic heterocycles. The van der Waals surface area contributed by atoms with Crippen LogP contribution in [0.1, 0.15) is 12.0 Å². The van der Waals surface area contributed by atoms with E-state index in [4.69, 9.17) is 0 Å². The Labute approximate surface area is 91.4 Å². The van der Waals surface area contributed by atoms with Gasteiger partial charge in [-0.25, -0.2) is 0 Å². The van der Waals surface area contributed by atoms with Crippen LogP contribution >= 0.6 is 0 Å². The summed E-state index contributed by atoms with van der Waals surface area (Å²) in [6.45, 7) is 0. The van der Waals surface area contributed by atoms with Gasteiger partial charge in [-0.2, -0.15) is 13.2 Å². The molecule has 0 heterocycles. The summed E-state index contributed by atoms with van der Waals surface area (Å²) in [5.74, 6) is -5.30. The maximum absolute atomic E-state index is 12.6. The third-order valence-corrected chi connectivity index (χ3v) is 4.02. The van der Waals surface area contributed by atoms with Gasteiger partial charge in [0.25, 0.3) is 0 Å². The molecular formula is C10H11F5Si. The van der Waals surface area contributed by atoms with Gasteiger partial charge in [0.05, 0.1) is 0 Å². The Balaban J connectivity index is 2.42. The Hall–Kier alpha value is -0.913. The predicted octanol–water partition coefficient (Wildman–Crippen LogP) is 4.10. The molecule has 16 heavy (non-hydrogen) atoms. The predicted molar refractivity (Wildman–Crippen MR) is 53.6 cm³/mol. The minimum atomic E-state index is -6.06. The van der Waals surface area contributed by atoms with E-state index >= 15 is 0 Å². The highest BCUT2D eigenvalue weighted by Crippen LogP contribution is 2.35. The number of hydrogen-bond donors (Lipinski definition) is 0. The molecule has 0 atom stereocenters. The second kappa shape index (κ2) is 4.95. The fraction of sp³-hybridized carbons (Fsp3) is 0.400. The minimum absolute atomic E-state index is 0.122. The van der Waals surface area contributed by atoms with Crippen molar-refractivity contribution in [3.63, 3.8) is 0 Å². The molecule has 0 nitrogen and oxygen atoms in total. The lowest BCUT2D eigenvalue weighted by molar-refractivity contribution is -0.0737. The fourth-order valence-corrected chi connectivity index (χ4v) is 2.21. The molecule has 0 saturated heterocycles. The average molecular weight is 254 g/mol. The van der Waals surface area contributed by atoms with E-state index in [-0.39, 0.29) is 12.8 Å². The number of aryl methyl sites for hydroxylation is 1. The zero-order chi connectivity index (χ0) is 12.2. The van der Waals surface area contributed by atoms with Crippen molar-refractivity contribution in [2.45, 2.75) is 24.7 Å². The van der Waals surface area contributed by atoms with Gasteiger partial charge in [0.15, 0.2) is 0 Å². The molecule has 0 fully saturated rings. The standard InChI is InChI=1S/C10H11F5Si/c11-10(12,13)16(14,15)8-4-7-9-5-2-1-3-6-9/h1-3,5-6H,4,7-8H2. The highest BCUT2D eigenvalue weighted by Gasteiger charge is 2.61. The lowest BCUT2D eigenvalue weighted by atomic mass is 10.1. The molecule has 0 aromatic heterocycles. The Bertz CT molecular complexity index is 320. The number of alkyl halides is 3. The molecule has 0 N–H and O–H groups in total. The van der Waals surface area contributed by atoms with Crippen molar-refractivity contribution in [3.8, 4) is 0 Å².